The number of benzene rings is 1. The van der Waals surface area contributed by atoms with Crippen LogP contribution in [0.5, 0.6) is 5.75 Å². The Kier molecular flexibility index (Phi) is 2.93. The van der Waals surface area contributed by atoms with E-state index in [1.54, 1.807) is 11.8 Å². The van der Waals surface area contributed by atoms with Crippen molar-refractivity contribution in [3.63, 3.8) is 0 Å². The third kappa shape index (κ3) is 1.97. The fourth-order valence-electron chi connectivity index (χ4n) is 2.80. The monoisotopic (exact) mass is 257 g/mol. The van der Waals surface area contributed by atoms with E-state index in [0.717, 1.165) is 29.7 Å². The number of aromatic nitrogens is 2. The molecule has 0 unspecified atom stereocenters. The van der Waals surface area contributed by atoms with E-state index in [-0.39, 0.29) is 0 Å². The Morgan fingerprint density at radius 2 is 1.84 bits per heavy atom. The third-order valence-electron chi connectivity index (χ3n) is 3.94. The second-order valence-electron chi connectivity index (χ2n) is 5.10. The summed E-state index contributed by atoms with van der Waals surface area (Å²) in [5.74, 6) is 1.56. The Labute approximate surface area is 113 Å². The summed E-state index contributed by atoms with van der Waals surface area (Å²) in [6.45, 7) is 0. The molecule has 19 heavy (non-hydrogen) atoms. The minimum absolute atomic E-state index is 0.675. The SMILES string of the molecule is COc1cc2c(cc1-c1cnn(C)c1N)CCCC2. The van der Waals surface area contributed by atoms with Gasteiger partial charge in [0.15, 0.2) is 0 Å². The molecule has 4 heteroatoms. The van der Waals surface area contributed by atoms with Crippen LogP contribution in [0.1, 0.15) is 24.0 Å². The van der Waals surface area contributed by atoms with Crippen molar-refractivity contribution >= 4 is 5.82 Å². The van der Waals surface area contributed by atoms with Crippen molar-refractivity contribution in [2.75, 3.05) is 12.8 Å². The van der Waals surface area contributed by atoms with E-state index in [4.69, 9.17) is 10.5 Å². The smallest absolute Gasteiger partial charge is 0.129 e. The molecule has 2 aromatic rings. The summed E-state index contributed by atoms with van der Waals surface area (Å²) in [4.78, 5) is 0. The lowest BCUT2D eigenvalue weighted by molar-refractivity contribution is 0.415. The Bertz CT molecular complexity index is 616. The number of rotatable bonds is 2. The molecule has 0 saturated heterocycles. The van der Waals surface area contributed by atoms with Gasteiger partial charge in [0.05, 0.1) is 13.3 Å². The van der Waals surface area contributed by atoms with Crippen LogP contribution in [0, 0.1) is 0 Å². The quantitative estimate of drug-likeness (QED) is 0.899. The first-order chi connectivity index (χ1) is 9.20. The van der Waals surface area contributed by atoms with Crippen molar-refractivity contribution < 1.29 is 4.74 Å². The van der Waals surface area contributed by atoms with E-state index in [1.165, 1.54) is 24.0 Å². The van der Waals surface area contributed by atoms with Crippen molar-refractivity contribution in [3.8, 4) is 16.9 Å². The maximum atomic E-state index is 6.08. The first kappa shape index (κ1) is 12.1. The van der Waals surface area contributed by atoms with Gasteiger partial charge in [0.25, 0.3) is 0 Å². The molecule has 0 bridgehead atoms. The number of hydrogen-bond acceptors (Lipinski definition) is 3. The molecule has 0 saturated carbocycles. The largest absolute Gasteiger partial charge is 0.496 e. The molecule has 100 valence electrons. The molecular weight excluding hydrogens is 238 g/mol. The van der Waals surface area contributed by atoms with Crippen LogP contribution in [0.2, 0.25) is 0 Å². The van der Waals surface area contributed by atoms with E-state index in [2.05, 4.69) is 17.2 Å². The van der Waals surface area contributed by atoms with Gasteiger partial charge in [0.2, 0.25) is 0 Å². The number of methoxy groups -OCH3 is 1. The maximum absolute atomic E-state index is 6.08. The summed E-state index contributed by atoms with van der Waals surface area (Å²) < 4.78 is 7.23. The van der Waals surface area contributed by atoms with Gasteiger partial charge >= 0.3 is 0 Å². The van der Waals surface area contributed by atoms with E-state index in [1.807, 2.05) is 13.2 Å². The van der Waals surface area contributed by atoms with Crippen LogP contribution >= 0.6 is 0 Å². The van der Waals surface area contributed by atoms with Gasteiger partial charge in [-0.25, -0.2) is 0 Å². The highest BCUT2D eigenvalue weighted by Crippen LogP contribution is 2.37. The highest BCUT2D eigenvalue weighted by Gasteiger charge is 2.17. The van der Waals surface area contributed by atoms with Crippen molar-refractivity contribution in [2.45, 2.75) is 25.7 Å². The second-order valence-corrected chi connectivity index (χ2v) is 5.10. The lowest BCUT2D eigenvalue weighted by Crippen LogP contribution is -2.04. The first-order valence-corrected chi connectivity index (χ1v) is 6.68. The van der Waals surface area contributed by atoms with Gasteiger partial charge in [-0.15, -0.1) is 0 Å². The normalized spacial score (nSPS) is 14.2. The fourth-order valence-corrected chi connectivity index (χ4v) is 2.80. The summed E-state index contributed by atoms with van der Waals surface area (Å²) in [5.41, 5.74) is 10.9. The molecule has 1 aromatic heterocycles. The lowest BCUT2D eigenvalue weighted by Gasteiger charge is -2.19. The molecule has 0 fully saturated rings. The zero-order chi connectivity index (χ0) is 13.4. The second kappa shape index (κ2) is 4.61. The Morgan fingerprint density at radius 1 is 1.16 bits per heavy atom. The van der Waals surface area contributed by atoms with Crippen LogP contribution in [0.3, 0.4) is 0 Å². The summed E-state index contributed by atoms with van der Waals surface area (Å²) in [6, 6.07) is 4.39. The van der Waals surface area contributed by atoms with Crippen LogP contribution in [-0.2, 0) is 19.9 Å². The molecule has 3 rings (SSSR count). The van der Waals surface area contributed by atoms with Gasteiger partial charge in [0, 0.05) is 18.2 Å². The Balaban J connectivity index is 2.17. The van der Waals surface area contributed by atoms with Crippen LogP contribution in [0.15, 0.2) is 18.3 Å². The number of fused-ring (bicyclic) bond motifs is 1. The van der Waals surface area contributed by atoms with E-state index >= 15 is 0 Å². The minimum Gasteiger partial charge on any atom is -0.496 e. The summed E-state index contributed by atoms with van der Waals surface area (Å²) >= 11 is 0. The predicted molar refractivity (Wildman–Crippen MR) is 76.3 cm³/mol. The van der Waals surface area contributed by atoms with Gasteiger partial charge in [0.1, 0.15) is 11.6 Å². The first-order valence-electron chi connectivity index (χ1n) is 6.68. The standard InChI is InChI=1S/C15H19N3O/c1-18-15(16)13(9-17-18)12-7-10-5-3-4-6-11(10)8-14(12)19-2/h7-9H,3-6,16H2,1-2H3. The van der Waals surface area contributed by atoms with Gasteiger partial charge in [-0.3, -0.25) is 4.68 Å². The zero-order valence-corrected chi connectivity index (χ0v) is 11.4. The van der Waals surface area contributed by atoms with E-state index in [9.17, 15) is 0 Å². The molecule has 1 aromatic carbocycles. The van der Waals surface area contributed by atoms with E-state index in [0.29, 0.717) is 5.82 Å². The lowest BCUT2D eigenvalue weighted by atomic mass is 9.89. The molecule has 1 heterocycles. The Hall–Kier alpha value is -1.97. The molecule has 0 amide bonds. The number of nitrogens with zero attached hydrogens (tertiary/aromatic N) is 2. The van der Waals surface area contributed by atoms with Crippen LogP contribution in [0.25, 0.3) is 11.1 Å². The highest BCUT2D eigenvalue weighted by molar-refractivity contribution is 5.79. The number of nitrogens with two attached hydrogens (primary N) is 1. The van der Waals surface area contributed by atoms with Crippen molar-refractivity contribution in [1.29, 1.82) is 0 Å². The minimum atomic E-state index is 0.675. The Morgan fingerprint density at radius 3 is 2.42 bits per heavy atom. The molecule has 0 aliphatic heterocycles. The van der Waals surface area contributed by atoms with Gasteiger partial charge in [-0.2, -0.15) is 5.10 Å². The number of anilines is 1. The van der Waals surface area contributed by atoms with Gasteiger partial charge < -0.3 is 10.5 Å². The average molecular weight is 257 g/mol. The summed E-state index contributed by atoms with van der Waals surface area (Å²) in [5, 5.41) is 4.22. The number of hydrogen-bond donors (Lipinski definition) is 1. The number of aryl methyl sites for hydroxylation is 3. The molecule has 0 atom stereocenters. The summed E-state index contributed by atoms with van der Waals surface area (Å²) in [6.07, 6.45) is 6.63. The summed E-state index contributed by atoms with van der Waals surface area (Å²) in [7, 11) is 3.56. The fraction of sp³-hybridized carbons (Fsp3) is 0.400. The molecular formula is C15H19N3O. The zero-order valence-electron chi connectivity index (χ0n) is 11.4. The van der Waals surface area contributed by atoms with Crippen molar-refractivity contribution in [2.24, 2.45) is 7.05 Å². The van der Waals surface area contributed by atoms with Crippen molar-refractivity contribution in [3.05, 3.63) is 29.5 Å². The average Bonchev–Trinajstić information content (AvgIpc) is 2.77. The molecule has 4 nitrogen and oxygen atoms in total. The number of nitrogen functional groups attached to an aromatic ring is 1. The van der Waals surface area contributed by atoms with Crippen LogP contribution in [0.4, 0.5) is 5.82 Å². The van der Waals surface area contributed by atoms with E-state index < -0.39 is 0 Å². The molecule has 1 aliphatic carbocycles. The highest BCUT2D eigenvalue weighted by atomic mass is 16.5. The molecule has 0 spiro atoms. The molecule has 1 aliphatic rings. The van der Waals surface area contributed by atoms with Crippen molar-refractivity contribution in [1.82, 2.24) is 9.78 Å². The van der Waals surface area contributed by atoms with Crippen LogP contribution in [-0.4, -0.2) is 16.9 Å². The topological polar surface area (TPSA) is 53.1 Å². The number of ether oxygens (including phenoxy) is 1. The maximum Gasteiger partial charge on any atom is 0.129 e. The molecule has 2 N–H and O–H groups in total. The third-order valence-corrected chi connectivity index (χ3v) is 3.94. The van der Waals surface area contributed by atoms with Crippen LogP contribution < -0.4 is 10.5 Å². The van der Waals surface area contributed by atoms with Gasteiger partial charge in [-0.05, 0) is 48.9 Å². The predicted octanol–water partition coefficient (Wildman–Crippen LogP) is 2.56. The molecule has 0 radical (unpaired) electrons. The van der Waals surface area contributed by atoms with Gasteiger partial charge in [-0.1, -0.05) is 0 Å².